The maximum Gasteiger partial charge on any atom is 0.137 e. The number of rotatable bonds is 4. The second kappa shape index (κ2) is 5.98. The summed E-state index contributed by atoms with van der Waals surface area (Å²) in [6.45, 7) is 0.340. The van der Waals surface area contributed by atoms with E-state index in [1.807, 2.05) is 18.2 Å². The van der Waals surface area contributed by atoms with Crippen LogP contribution in [-0.4, -0.2) is 5.11 Å². The Morgan fingerprint density at radius 2 is 1.94 bits per heavy atom. The molecule has 0 bridgehead atoms. The van der Waals surface area contributed by atoms with Gasteiger partial charge in [-0.05, 0) is 51.3 Å². The second-order valence-corrected chi connectivity index (χ2v) is 4.70. The summed E-state index contributed by atoms with van der Waals surface area (Å²) in [6, 6.07) is 12.0. The van der Waals surface area contributed by atoms with Gasteiger partial charge in [-0.1, -0.05) is 18.2 Å². The van der Waals surface area contributed by atoms with Gasteiger partial charge in [-0.25, -0.2) is 4.39 Å². The molecule has 18 heavy (non-hydrogen) atoms. The van der Waals surface area contributed by atoms with E-state index < -0.39 is 0 Å². The van der Waals surface area contributed by atoms with Crippen molar-refractivity contribution in [1.82, 2.24) is 0 Å². The zero-order chi connectivity index (χ0) is 13.0. The van der Waals surface area contributed by atoms with E-state index in [9.17, 15) is 4.39 Å². The van der Waals surface area contributed by atoms with Gasteiger partial charge in [0.15, 0.2) is 0 Å². The summed E-state index contributed by atoms with van der Waals surface area (Å²) in [5.74, 6) is 0.392. The third kappa shape index (κ3) is 3.31. The summed E-state index contributed by atoms with van der Waals surface area (Å²) in [5, 5.41) is 9.01. The molecule has 0 radical (unpaired) electrons. The summed E-state index contributed by atoms with van der Waals surface area (Å²) < 4.78 is 19.0. The number of hydrogen-bond donors (Lipinski definition) is 1. The molecule has 0 aromatic heterocycles. The average Bonchev–Trinajstić information content (AvgIpc) is 2.40. The highest BCUT2D eigenvalue weighted by Crippen LogP contribution is 2.19. The van der Waals surface area contributed by atoms with E-state index >= 15 is 0 Å². The Morgan fingerprint density at radius 1 is 1.11 bits per heavy atom. The minimum Gasteiger partial charge on any atom is -0.489 e. The highest BCUT2D eigenvalue weighted by Gasteiger charge is 2.02. The van der Waals surface area contributed by atoms with Crippen LogP contribution in [-0.2, 0) is 13.2 Å². The van der Waals surface area contributed by atoms with E-state index in [2.05, 4.69) is 15.9 Å². The predicted octanol–water partition coefficient (Wildman–Crippen LogP) is 3.66. The van der Waals surface area contributed by atoms with Crippen molar-refractivity contribution in [2.75, 3.05) is 0 Å². The molecule has 2 aromatic rings. The van der Waals surface area contributed by atoms with Crippen molar-refractivity contribution in [2.45, 2.75) is 13.2 Å². The SMILES string of the molecule is OCc1cccc(OCc2ccc(F)c(Br)c2)c1. The molecule has 0 atom stereocenters. The summed E-state index contributed by atoms with van der Waals surface area (Å²) >= 11 is 3.13. The summed E-state index contributed by atoms with van der Waals surface area (Å²) in [6.07, 6.45) is 0. The Balaban J connectivity index is 2.04. The van der Waals surface area contributed by atoms with Crippen LogP contribution in [0.5, 0.6) is 5.75 Å². The van der Waals surface area contributed by atoms with Crippen molar-refractivity contribution in [1.29, 1.82) is 0 Å². The average molecular weight is 311 g/mol. The topological polar surface area (TPSA) is 29.5 Å². The van der Waals surface area contributed by atoms with Crippen molar-refractivity contribution in [3.63, 3.8) is 0 Å². The Labute approximate surface area is 113 Å². The molecule has 0 saturated carbocycles. The lowest BCUT2D eigenvalue weighted by atomic mass is 10.2. The van der Waals surface area contributed by atoms with E-state index in [1.165, 1.54) is 6.07 Å². The van der Waals surface area contributed by atoms with Crippen molar-refractivity contribution in [3.05, 3.63) is 63.9 Å². The Bertz CT molecular complexity index is 543. The van der Waals surface area contributed by atoms with Crippen molar-refractivity contribution in [2.24, 2.45) is 0 Å². The van der Waals surface area contributed by atoms with Crippen LogP contribution >= 0.6 is 15.9 Å². The summed E-state index contributed by atoms with van der Waals surface area (Å²) in [7, 11) is 0. The van der Waals surface area contributed by atoms with Gasteiger partial charge in [-0.15, -0.1) is 0 Å². The lowest BCUT2D eigenvalue weighted by Crippen LogP contribution is -1.96. The molecule has 0 fully saturated rings. The number of benzene rings is 2. The Hall–Kier alpha value is -1.39. The van der Waals surface area contributed by atoms with Gasteiger partial charge in [0, 0.05) is 0 Å². The van der Waals surface area contributed by atoms with E-state index in [4.69, 9.17) is 9.84 Å². The number of hydrogen-bond acceptors (Lipinski definition) is 2. The Morgan fingerprint density at radius 3 is 2.67 bits per heavy atom. The van der Waals surface area contributed by atoms with Crippen molar-refractivity contribution in [3.8, 4) is 5.75 Å². The molecule has 2 aromatic carbocycles. The molecule has 0 aliphatic carbocycles. The van der Waals surface area contributed by atoms with Gasteiger partial charge in [0.05, 0.1) is 11.1 Å². The van der Waals surface area contributed by atoms with Crippen LogP contribution in [0.25, 0.3) is 0 Å². The molecule has 1 N–H and O–H groups in total. The fraction of sp³-hybridized carbons (Fsp3) is 0.143. The minimum atomic E-state index is -0.291. The normalized spacial score (nSPS) is 10.4. The molecule has 0 saturated heterocycles. The molecule has 0 spiro atoms. The molecular weight excluding hydrogens is 299 g/mol. The lowest BCUT2D eigenvalue weighted by molar-refractivity contribution is 0.278. The molecule has 94 valence electrons. The molecular formula is C14H12BrFO2. The van der Waals surface area contributed by atoms with Crippen molar-refractivity contribution < 1.29 is 14.2 Å². The molecule has 0 aliphatic heterocycles. The van der Waals surface area contributed by atoms with Gasteiger partial charge in [-0.3, -0.25) is 0 Å². The highest BCUT2D eigenvalue weighted by molar-refractivity contribution is 9.10. The smallest absolute Gasteiger partial charge is 0.137 e. The van der Waals surface area contributed by atoms with E-state index in [0.29, 0.717) is 16.8 Å². The van der Waals surface area contributed by atoms with Crippen LogP contribution in [0.1, 0.15) is 11.1 Å². The molecule has 0 amide bonds. The molecule has 4 heteroatoms. The van der Waals surface area contributed by atoms with E-state index in [0.717, 1.165) is 11.1 Å². The first-order valence-electron chi connectivity index (χ1n) is 5.45. The number of aliphatic hydroxyl groups is 1. The molecule has 0 aliphatic rings. The first kappa shape index (κ1) is 13.1. The molecule has 0 unspecified atom stereocenters. The van der Waals surface area contributed by atoms with E-state index in [-0.39, 0.29) is 12.4 Å². The van der Waals surface area contributed by atoms with Gasteiger partial charge in [0.2, 0.25) is 0 Å². The zero-order valence-corrected chi connectivity index (χ0v) is 11.2. The van der Waals surface area contributed by atoms with Gasteiger partial charge < -0.3 is 9.84 Å². The van der Waals surface area contributed by atoms with Crippen LogP contribution < -0.4 is 4.74 Å². The predicted molar refractivity (Wildman–Crippen MR) is 70.8 cm³/mol. The number of halogens is 2. The van der Waals surface area contributed by atoms with Crippen LogP contribution in [0, 0.1) is 5.82 Å². The standard InChI is InChI=1S/C14H12BrFO2/c15-13-7-11(4-5-14(13)16)9-18-12-3-1-2-10(6-12)8-17/h1-7,17H,8-9H2. The van der Waals surface area contributed by atoms with Gasteiger partial charge in [-0.2, -0.15) is 0 Å². The zero-order valence-electron chi connectivity index (χ0n) is 9.57. The summed E-state index contributed by atoms with van der Waals surface area (Å²) in [4.78, 5) is 0. The van der Waals surface area contributed by atoms with Crippen LogP contribution in [0.2, 0.25) is 0 Å². The number of aliphatic hydroxyl groups excluding tert-OH is 1. The quantitative estimate of drug-likeness (QED) is 0.934. The fourth-order valence-corrected chi connectivity index (χ4v) is 1.96. The van der Waals surface area contributed by atoms with Crippen LogP contribution in [0.15, 0.2) is 46.9 Å². The molecule has 0 heterocycles. The maximum atomic E-state index is 13.0. The number of ether oxygens (including phenoxy) is 1. The first-order chi connectivity index (χ1) is 8.69. The highest BCUT2D eigenvalue weighted by atomic mass is 79.9. The molecule has 2 nitrogen and oxygen atoms in total. The maximum absolute atomic E-state index is 13.0. The fourth-order valence-electron chi connectivity index (χ4n) is 1.53. The van der Waals surface area contributed by atoms with E-state index in [1.54, 1.807) is 18.2 Å². The Kier molecular flexibility index (Phi) is 4.33. The largest absolute Gasteiger partial charge is 0.489 e. The third-order valence-electron chi connectivity index (χ3n) is 2.47. The first-order valence-corrected chi connectivity index (χ1v) is 6.25. The lowest BCUT2D eigenvalue weighted by Gasteiger charge is -2.08. The van der Waals surface area contributed by atoms with Crippen LogP contribution in [0.3, 0.4) is 0 Å². The third-order valence-corrected chi connectivity index (χ3v) is 3.08. The van der Waals surface area contributed by atoms with Gasteiger partial charge in [0.25, 0.3) is 0 Å². The second-order valence-electron chi connectivity index (χ2n) is 3.84. The van der Waals surface area contributed by atoms with Gasteiger partial charge >= 0.3 is 0 Å². The summed E-state index contributed by atoms with van der Waals surface area (Å²) in [5.41, 5.74) is 1.67. The minimum absolute atomic E-state index is 0.0146. The molecule has 2 rings (SSSR count). The van der Waals surface area contributed by atoms with Crippen LogP contribution in [0.4, 0.5) is 4.39 Å². The van der Waals surface area contributed by atoms with Gasteiger partial charge in [0.1, 0.15) is 18.2 Å². The monoisotopic (exact) mass is 310 g/mol. The van der Waals surface area contributed by atoms with Crippen molar-refractivity contribution >= 4 is 15.9 Å².